The van der Waals surface area contributed by atoms with Crippen molar-refractivity contribution in [3.8, 4) is 5.75 Å². The summed E-state index contributed by atoms with van der Waals surface area (Å²) >= 11 is 0. The molecule has 1 N–H and O–H groups in total. The highest BCUT2D eigenvalue weighted by atomic mass is 16.5. The zero-order valence-corrected chi connectivity index (χ0v) is 10.4. The van der Waals surface area contributed by atoms with E-state index in [0.29, 0.717) is 5.92 Å². The van der Waals surface area contributed by atoms with Gasteiger partial charge in [-0.1, -0.05) is 44.9 Å². The molecule has 2 nitrogen and oxygen atoms in total. The third-order valence-electron chi connectivity index (χ3n) is 3.21. The lowest BCUT2D eigenvalue weighted by molar-refractivity contribution is 0.138. The molecule has 0 bridgehead atoms. The van der Waals surface area contributed by atoms with E-state index in [1.165, 1.54) is 0 Å². The Hall–Kier alpha value is -1.02. The largest absolute Gasteiger partial charge is 0.496 e. The Bertz CT molecular complexity index is 305. The van der Waals surface area contributed by atoms with Gasteiger partial charge in [-0.05, 0) is 18.4 Å². The third-order valence-corrected chi connectivity index (χ3v) is 3.21. The molecule has 0 radical (unpaired) electrons. The molecule has 0 aliphatic heterocycles. The van der Waals surface area contributed by atoms with E-state index in [9.17, 15) is 5.11 Å². The summed E-state index contributed by atoms with van der Waals surface area (Å²) in [5.41, 5.74) is 0.900. The molecule has 1 aromatic carbocycles. The monoisotopic (exact) mass is 222 g/mol. The Morgan fingerprint density at radius 1 is 1.19 bits per heavy atom. The zero-order valence-electron chi connectivity index (χ0n) is 10.4. The molecule has 0 heterocycles. The van der Waals surface area contributed by atoms with Crippen molar-refractivity contribution in [1.82, 2.24) is 0 Å². The zero-order chi connectivity index (χ0) is 12.0. The summed E-state index contributed by atoms with van der Waals surface area (Å²) in [5.74, 6) is 1.36. The predicted octanol–water partition coefficient (Wildman–Crippen LogP) is 3.55. The Morgan fingerprint density at radius 3 is 2.38 bits per heavy atom. The van der Waals surface area contributed by atoms with Gasteiger partial charge in [0, 0.05) is 5.56 Å². The topological polar surface area (TPSA) is 29.5 Å². The number of aliphatic hydroxyl groups is 1. The number of hydrogen-bond donors (Lipinski definition) is 1. The Balaban J connectivity index is 2.75. The van der Waals surface area contributed by atoms with Crippen LogP contribution in [0.5, 0.6) is 5.75 Å². The normalized spacial score (nSPS) is 12.8. The van der Waals surface area contributed by atoms with Crippen LogP contribution in [0.1, 0.15) is 44.8 Å². The summed E-state index contributed by atoms with van der Waals surface area (Å²) in [5, 5.41) is 10.2. The van der Waals surface area contributed by atoms with Crippen LogP contribution < -0.4 is 4.74 Å². The van der Waals surface area contributed by atoms with Crippen LogP contribution in [0.25, 0.3) is 0 Å². The minimum Gasteiger partial charge on any atom is -0.496 e. The molecule has 0 fully saturated rings. The molecule has 0 saturated heterocycles. The smallest absolute Gasteiger partial charge is 0.124 e. The number of methoxy groups -OCH3 is 1. The van der Waals surface area contributed by atoms with Gasteiger partial charge in [0.05, 0.1) is 13.2 Å². The van der Waals surface area contributed by atoms with E-state index in [-0.39, 0.29) is 0 Å². The first kappa shape index (κ1) is 13.0. The molecule has 0 aliphatic carbocycles. The fourth-order valence-electron chi connectivity index (χ4n) is 2.01. The molecule has 1 aromatic rings. The van der Waals surface area contributed by atoms with E-state index in [1.54, 1.807) is 7.11 Å². The summed E-state index contributed by atoms with van der Waals surface area (Å²) in [7, 11) is 1.64. The molecule has 0 aromatic heterocycles. The maximum absolute atomic E-state index is 10.2. The van der Waals surface area contributed by atoms with Crippen LogP contribution in [0.2, 0.25) is 0 Å². The summed E-state index contributed by atoms with van der Waals surface area (Å²) in [4.78, 5) is 0. The first-order chi connectivity index (χ1) is 7.72. The maximum atomic E-state index is 10.2. The minimum absolute atomic E-state index is 0.416. The van der Waals surface area contributed by atoms with Crippen LogP contribution in [-0.4, -0.2) is 12.2 Å². The first-order valence-corrected chi connectivity index (χ1v) is 6.03. The lowest BCUT2D eigenvalue weighted by Gasteiger charge is -2.19. The standard InChI is InChI=1S/C14H22O2/c1-4-11(5-2)10-13(15)12-8-6-7-9-14(12)16-3/h6-9,11,13,15H,4-5,10H2,1-3H3. The summed E-state index contributed by atoms with van der Waals surface area (Å²) in [6, 6.07) is 7.69. The van der Waals surface area contributed by atoms with Crippen LogP contribution in [0.4, 0.5) is 0 Å². The van der Waals surface area contributed by atoms with Crippen molar-refractivity contribution in [3.05, 3.63) is 29.8 Å². The second kappa shape index (κ2) is 6.54. The van der Waals surface area contributed by atoms with Crippen LogP contribution in [0.3, 0.4) is 0 Å². The molecular formula is C14H22O2. The average molecular weight is 222 g/mol. The van der Waals surface area contributed by atoms with Gasteiger partial charge < -0.3 is 9.84 Å². The van der Waals surface area contributed by atoms with E-state index in [4.69, 9.17) is 4.74 Å². The van der Waals surface area contributed by atoms with Crippen molar-refractivity contribution in [3.63, 3.8) is 0 Å². The molecule has 0 saturated carbocycles. The van der Waals surface area contributed by atoms with E-state index >= 15 is 0 Å². The highest BCUT2D eigenvalue weighted by molar-refractivity contribution is 5.34. The molecule has 90 valence electrons. The molecule has 1 atom stereocenters. The molecule has 1 rings (SSSR count). The second-order valence-corrected chi connectivity index (χ2v) is 4.18. The SMILES string of the molecule is CCC(CC)CC(O)c1ccccc1OC. The Morgan fingerprint density at radius 2 is 1.81 bits per heavy atom. The van der Waals surface area contributed by atoms with Gasteiger partial charge in [0.25, 0.3) is 0 Å². The van der Waals surface area contributed by atoms with Gasteiger partial charge >= 0.3 is 0 Å². The van der Waals surface area contributed by atoms with E-state index in [2.05, 4.69) is 13.8 Å². The highest BCUT2D eigenvalue weighted by Crippen LogP contribution is 2.30. The first-order valence-electron chi connectivity index (χ1n) is 6.03. The average Bonchev–Trinajstić information content (AvgIpc) is 2.35. The number of aliphatic hydroxyl groups excluding tert-OH is 1. The van der Waals surface area contributed by atoms with Crippen molar-refractivity contribution < 1.29 is 9.84 Å². The third kappa shape index (κ3) is 3.24. The number of rotatable bonds is 6. The van der Waals surface area contributed by atoms with Crippen LogP contribution in [-0.2, 0) is 0 Å². The quantitative estimate of drug-likeness (QED) is 0.797. The van der Waals surface area contributed by atoms with Crippen molar-refractivity contribution in [1.29, 1.82) is 0 Å². The van der Waals surface area contributed by atoms with Crippen molar-refractivity contribution in [2.45, 2.75) is 39.2 Å². The Kier molecular flexibility index (Phi) is 5.33. The van der Waals surface area contributed by atoms with Gasteiger partial charge in [-0.3, -0.25) is 0 Å². The van der Waals surface area contributed by atoms with Gasteiger partial charge in [0.15, 0.2) is 0 Å². The molecular weight excluding hydrogens is 200 g/mol. The van der Waals surface area contributed by atoms with E-state index < -0.39 is 6.10 Å². The second-order valence-electron chi connectivity index (χ2n) is 4.18. The van der Waals surface area contributed by atoms with Gasteiger partial charge in [-0.15, -0.1) is 0 Å². The number of para-hydroxylation sites is 1. The van der Waals surface area contributed by atoms with E-state index in [0.717, 1.165) is 30.6 Å². The van der Waals surface area contributed by atoms with Gasteiger partial charge in [-0.2, -0.15) is 0 Å². The number of hydrogen-bond acceptors (Lipinski definition) is 2. The van der Waals surface area contributed by atoms with Crippen molar-refractivity contribution in [2.75, 3.05) is 7.11 Å². The van der Waals surface area contributed by atoms with E-state index in [1.807, 2.05) is 24.3 Å². The number of ether oxygens (including phenoxy) is 1. The van der Waals surface area contributed by atoms with Gasteiger partial charge in [-0.25, -0.2) is 0 Å². The molecule has 0 aliphatic rings. The van der Waals surface area contributed by atoms with Crippen LogP contribution in [0, 0.1) is 5.92 Å². The lowest BCUT2D eigenvalue weighted by Crippen LogP contribution is -2.07. The molecule has 0 spiro atoms. The van der Waals surface area contributed by atoms with Gasteiger partial charge in [0.2, 0.25) is 0 Å². The maximum Gasteiger partial charge on any atom is 0.124 e. The molecule has 2 heteroatoms. The highest BCUT2D eigenvalue weighted by Gasteiger charge is 2.16. The fraction of sp³-hybridized carbons (Fsp3) is 0.571. The molecule has 16 heavy (non-hydrogen) atoms. The summed E-state index contributed by atoms with van der Waals surface area (Å²) in [6.07, 6.45) is 2.62. The summed E-state index contributed by atoms with van der Waals surface area (Å²) in [6.45, 7) is 4.34. The predicted molar refractivity (Wildman–Crippen MR) is 66.6 cm³/mol. The van der Waals surface area contributed by atoms with Crippen molar-refractivity contribution in [2.24, 2.45) is 5.92 Å². The Labute approximate surface area is 98.3 Å². The number of benzene rings is 1. The lowest BCUT2D eigenvalue weighted by atomic mass is 9.92. The van der Waals surface area contributed by atoms with Gasteiger partial charge in [0.1, 0.15) is 5.75 Å². The van der Waals surface area contributed by atoms with Crippen molar-refractivity contribution >= 4 is 0 Å². The van der Waals surface area contributed by atoms with Crippen LogP contribution in [0.15, 0.2) is 24.3 Å². The van der Waals surface area contributed by atoms with Crippen LogP contribution >= 0.6 is 0 Å². The summed E-state index contributed by atoms with van der Waals surface area (Å²) < 4.78 is 5.26. The fourth-order valence-corrected chi connectivity index (χ4v) is 2.01. The minimum atomic E-state index is -0.416. The molecule has 0 amide bonds. The molecule has 1 unspecified atom stereocenters.